The van der Waals surface area contributed by atoms with Gasteiger partial charge in [-0.15, -0.1) is 0 Å². The van der Waals surface area contributed by atoms with Gasteiger partial charge in [-0.3, -0.25) is 0 Å². The van der Waals surface area contributed by atoms with Crippen molar-refractivity contribution in [2.24, 2.45) is 0 Å². The van der Waals surface area contributed by atoms with E-state index in [9.17, 15) is 0 Å². The molecule has 304 valence electrons. The first-order valence-corrected chi connectivity index (χ1v) is 22.6. The van der Waals surface area contributed by atoms with Crippen LogP contribution in [0.4, 0.5) is 0 Å². The summed E-state index contributed by atoms with van der Waals surface area (Å²) in [5.41, 5.74) is 18.4. The summed E-state index contributed by atoms with van der Waals surface area (Å²) in [6.45, 7) is 4.71. The first-order chi connectivity index (χ1) is 32.0. The second-order valence-electron chi connectivity index (χ2n) is 18.4. The molecule has 11 aromatic carbocycles. The fourth-order valence-electron chi connectivity index (χ4n) is 11.3. The van der Waals surface area contributed by atoms with Gasteiger partial charge in [-0.2, -0.15) is 0 Å². The van der Waals surface area contributed by atoms with Gasteiger partial charge in [0.1, 0.15) is 11.2 Å². The first-order valence-electron chi connectivity index (χ1n) is 22.6. The van der Waals surface area contributed by atoms with E-state index >= 15 is 0 Å². The lowest BCUT2D eigenvalue weighted by Crippen LogP contribution is -2.14. The maximum absolute atomic E-state index is 6.46. The van der Waals surface area contributed by atoms with Gasteiger partial charge in [0.05, 0.1) is 0 Å². The first kappa shape index (κ1) is 36.3. The van der Waals surface area contributed by atoms with Gasteiger partial charge in [0.25, 0.3) is 0 Å². The standard InChI is InChI=1S/C63H40O2/c1-63(2)56-21-7-5-19-52(56)60-44(20-11-22-57(60)63)43-25-28-48-47-27-24-41(34-53(47)45-16-3-4-17-46(45)54(48)36-43)39-14-9-12-37(32-39)38-13-10-15-40(33-38)42-26-31-59-55(35-42)51-30-29-50-49-18-6-8-23-58(49)64-61(50)62(51)65-59/h3-36H,1-2H3. The smallest absolute Gasteiger partial charge is 0.178 e. The highest BCUT2D eigenvalue weighted by Crippen LogP contribution is 2.52. The Kier molecular flexibility index (Phi) is 7.49. The normalized spacial score (nSPS) is 13.2. The zero-order chi connectivity index (χ0) is 43.0. The van der Waals surface area contributed by atoms with E-state index in [2.05, 4.69) is 202 Å². The zero-order valence-corrected chi connectivity index (χ0v) is 35.9. The highest BCUT2D eigenvalue weighted by Gasteiger charge is 2.36. The molecule has 0 N–H and O–H groups in total. The molecule has 2 nitrogen and oxygen atoms in total. The molecule has 0 atom stereocenters. The molecule has 13 aromatic rings. The van der Waals surface area contributed by atoms with Crippen LogP contribution >= 0.6 is 0 Å². The lowest BCUT2D eigenvalue weighted by atomic mass is 9.82. The van der Waals surface area contributed by atoms with Crippen molar-refractivity contribution < 1.29 is 8.83 Å². The highest BCUT2D eigenvalue weighted by molar-refractivity contribution is 6.26. The second-order valence-corrected chi connectivity index (χ2v) is 18.4. The van der Waals surface area contributed by atoms with Crippen LogP contribution in [0.2, 0.25) is 0 Å². The topological polar surface area (TPSA) is 26.3 Å². The highest BCUT2D eigenvalue weighted by atomic mass is 16.4. The largest absolute Gasteiger partial charge is 0.452 e. The van der Waals surface area contributed by atoms with E-state index in [1.807, 2.05) is 18.2 Å². The number of rotatable bonds is 4. The van der Waals surface area contributed by atoms with E-state index in [4.69, 9.17) is 8.83 Å². The van der Waals surface area contributed by atoms with Gasteiger partial charge in [-0.05, 0) is 154 Å². The minimum Gasteiger partial charge on any atom is -0.452 e. The van der Waals surface area contributed by atoms with E-state index in [1.165, 1.54) is 88.0 Å². The van der Waals surface area contributed by atoms with Crippen LogP contribution in [-0.4, -0.2) is 0 Å². The van der Waals surface area contributed by atoms with Gasteiger partial charge in [-0.1, -0.05) is 166 Å². The molecule has 0 fully saturated rings. The van der Waals surface area contributed by atoms with Crippen molar-refractivity contribution in [1.29, 1.82) is 0 Å². The van der Waals surface area contributed by atoms with E-state index in [0.29, 0.717) is 0 Å². The van der Waals surface area contributed by atoms with Gasteiger partial charge in [0.2, 0.25) is 0 Å². The number of para-hydroxylation sites is 1. The SMILES string of the molecule is CC1(C)c2ccccc2-c2c(-c3ccc4c5ccc(-c6cccc(-c7cccc(-c8ccc9oc%10c(ccc%11c%12ccccc%12oc%11%10)c9c8)c7)c6)cc5c5ccccc5c4c3)cccc21. The molecule has 0 unspecified atom stereocenters. The molecule has 1 aliphatic rings. The lowest BCUT2D eigenvalue weighted by molar-refractivity contribution is 0.633. The average molecular weight is 829 g/mol. The monoisotopic (exact) mass is 828 g/mol. The third kappa shape index (κ3) is 5.29. The van der Waals surface area contributed by atoms with Crippen LogP contribution in [0, 0.1) is 0 Å². The molecule has 1 aliphatic carbocycles. The Hall–Kier alpha value is -8.20. The molecular formula is C63H40O2. The van der Waals surface area contributed by atoms with Gasteiger partial charge in [-0.25, -0.2) is 0 Å². The van der Waals surface area contributed by atoms with E-state index < -0.39 is 0 Å². The maximum Gasteiger partial charge on any atom is 0.178 e. The summed E-state index contributed by atoms with van der Waals surface area (Å²) in [4.78, 5) is 0. The fraction of sp³-hybridized carbons (Fsp3) is 0.0476. The number of furan rings is 2. The van der Waals surface area contributed by atoms with Gasteiger partial charge in [0.15, 0.2) is 11.2 Å². The predicted molar refractivity (Wildman–Crippen MR) is 273 cm³/mol. The molecule has 0 amide bonds. The quantitative estimate of drug-likeness (QED) is 0.165. The van der Waals surface area contributed by atoms with Crippen molar-refractivity contribution >= 4 is 76.2 Å². The Balaban J connectivity index is 0.837. The van der Waals surface area contributed by atoms with Crippen molar-refractivity contribution in [2.75, 3.05) is 0 Å². The molecule has 14 rings (SSSR count). The van der Waals surface area contributed by atoms with E-state index in [0.717, 1.165) is 55.0 Å². The Bertz CT molecular complexity index is 4140. The number of fused-ring (bicyclic) bond motifs is 16. The predicted octanol–water partition coefficient (Wildman–Crippen LogP) is 17.9. The lowest BCUT2D eigenvalue weighted by Gasteiger charge is -2.21. The molecule has 2 heterocycles. The van der Waals surface area contributed by atoms with Crippen LogP contribution < -0.4 is 0 Å². The Labute approximate surface area is 375 Å². The average Bonchev–Trinajstić information content (AvgIpc) is 4.01. The molecule has 2 heteroatoms. The summed E-state index contributed by atoms with van der Waals surface area (Å²) in [5, 5.41) is 12.0. The molecule has 0 spiro atoms. The Morgan fingerprint density at radius 1 is 0.277 bits per heavy atom. The minimum absolute atomic E-state index is 0.0401. The van der Waals surface area contributed by atoms with Gasteiger partial charge < -0.3 is 8.83 Å². The number of benzene rings is 11. The Morgan fingerprint density at radius 2 is 0.708 bits per heavy atom. The molecule has 0 aliphatic heterocycles. The van der Waals surface area contributed by atoms with Crippen molar-refractivity contribution in [2.45, 2.75) is 19.3 Å². The Morgan fingerprint density at radius 3 is 1.38 bits per heavy atom. The van der Waals surface area contributed by atoms with Gasteiger partial charge in [0, 0.05) is 27.0 Å². The van der Waals surface area contributed by atoms with Crippen molar-refractivity contribution in [1.82, 2.24) is 0 Å². The van der Waals surface area contributed by atoms with E-state index in [-0.39, 0.29) is 5.41 Å². The van der Waals surface area contributed by atoms with Crippen molar-refractivity contribution in [3.63, 3.8) is 0 Å². The van der Waals surface area contributed by atoms with Crippen LogP contribution in [-0.2, 0) is 5.41 Å². The summed E-state index contributed by atoms with van der Waals surface area (Å²) in [7, 11) is 0. The van der Waals surface area contributed by atoms with Crippen LogP contribution in [0.25, 0.3) is 132 Å². The maximum atomic E-state index is 6.46. The summed E-state index contributed by atoms with van der Waals surface area (Å²) < 4.78 is 12.8. The molecule has 2 aromatic heterocycles. The van der Waals surface area contributed by atoms with Crippen molar-refractivity contribution in [3.8, 4) is 55.6 Å². The zero-order valence-electron chi connectivity index (χ0n) is 35.9. The molecule has 0 bridgehead atoms. The van der Waals surface area contributed by atoms with Crippen LogP contribution in [0.15, 0.2) is 215 Å². The van der Waals surface area contributed by atoms with Crippen LogP contribution in [0.5, 0.6) is 0 Å². The molecular weight excluding hydrogens is 789 g/mol. The van der Waals surface area contributed by atoms with Gasteiger partial charge >= 0.3 is 0 Å². The van der Waals surface area contributed by atoms with Crippen LogP contribution in [0.1, 0.15) is 25.0 Å². The fourth-order valence-corrected chi connectivity index (χ4v) is 11.3. The summed E-state index contributed by atoms with van der Waals surface area (Å²) in [5.74, 6) is 0. The summed E-state index contributed by atoms with van der Waals surface area (Å²) in [6.07, 6.45) is 0. The summed E-state index contributed by atoms with van der Waals surface area (Å²) >= 11 is 0. The van der Waals surface area contributed by atoms with Crippen molar-refractivity contribution in [3.05, 3.63) is 217 Å². The minimum atomic E-state index is -0.0401. The van der Waals surface area contributed by atoms with Crippen LogP contribution in [0.3, 0.4) is 0 Å². The number of hydrogen-bond donors (Lipinski definition) is 0. The van der Waals surface area contributed by atoms with E-state index in [1.54, 1.807) is 0 Å². The summed E-state index contributed by atoms with van der Waals surface area (Å²) in [6, 6.07) is 75.7. The second kappa shape index (κ2) is 13.4. The third-order valence-corrected chi connectivity index (χ3v) is 14.5. The molecule has 0 saturated carbocycles. The molecule has 65 heavy (non-hydrogen) atoms. The molecule has 0 radical (unpaired) electrons. The molecule has 0 saturated heterocycles. The number of hydrogen-bond acceptors (Lipinski definition) is 2. The third-order valence-electron chi connectivity index (χ3n) is 14.5.